The molecule has 0 aromatic carbocycles. The highest BCUT2D eigenvalue weighted by Crippen LogP contribution is 2.38. The van der Waals surface area contributed by atoms with Crippen molar-refractivity contribution in [2.45, 2.75) is 37.6 Å². The Morgan fingerprint density at radius 3 is 2.77 bits per heavy atom. The number of amides is 1. The molecule has 0 spiro atoms. The summed E-state index contributed by atoms with van der Waals surface area (Å²) in [5.41, 5.74) is 0.596. The molecule has 1 aliphatic heterocycles. The lowest BCUT2D eigenvalue weighted by molar-refractivity contribution is 0.0657. The second-order valence-corrected chi connectivity index (χ2v) is 6.82. The molecular weight excluding hydrogens is 336 g/mol. The highest BCUT2D eigenvalue weighted by molar-refractivity contribution is 5.91. The van der Waals surface area contributed by atoms with Crippen LogP contribution in [0.4, 0.5) is 0 Å². The number of nitrogens with zero attached hydrogens (tertiary/aromatic N) is 6. The average molecular weight is 354 g/mol. The van der Waals surface area contributed by atoms with Crippen molar-refractivity contribution in [2.75, 3.05) is 13.1 Å². The molecule has 1 amide bonds. The molecule has 26 heavy (non-hydrogen) atoms. The second kappa shape index (κ2) is 6.08. The first kappa shape index (κ1) is 15.3. The maximum absolute atomic E-state index is 12.3. The number of furan rings is 1. The van der Waals surface area contributed by atoms with E-state index in [0.717, 1.165) is 31.5 Å². The van der Waals surface area contributed by atoms with E-state index in [4.69, 9.17) is 8.94 Å². The third-order valence-electron chi connectivity index (χ3n) is 4.97. The van der Waals surface area contributed by atoms with Crippen LogP contribution >= 0.6 is 0 Å². The molecule has 5 rings (SSSR count). The first-order valence-electron chi connectivity index (χ1n) is 8.86. The van der Waals surface area contributed by atoms with Crippen molar-refractivity contribution in [3.63, 3.8) is 0 Å². The van der Waals surface area contributed by atoms with Crippen LogP contribution in [0.5, 0.6) is 0 Å². The molecule has 2 fully saturated rings. The van der Waals surface area contributed by atoms with Crippen molar-refractivity contribution >= 4 is 5.91 Å². The lowest BCUT2D eigenvalue weighted by Gasteiger charge is -2.31. The standard InChI is InChI=1S/C17H18N6O3/c24-17(14-2-1-9-25-14)22-7-5-12(6-8-22)23-10-13(19-21-23)16-18-15(20-26-16)11-3-4-11/h1-2,9-12H,3-8H2. The van der Waals surface area contributed by atoms with Gasteiger partial charge in [-0.3, -0.25) is 4.79 Å². The molecule has 2 aliphatic rings. The summed E-state index contributed by atoms with van der Waals surface area (Å²) in [6.07, 6.45) is 7.24. The first-order chi connectivity index (χ1) is 12.8. The van der Waals surface area contributed by atoms with Gasteiger partial charge in [0.1, 0.15) is 0 Å². The van der Waals surface area contributed by atoms with Gasteiger partial charge >= 0.3 is 0 Å². The molecule has 0 unspecified atom stereocenters. The van der Waals surface area contributed by atoms with Crippen LogP contribution in [-0.4, -0.2) is 49.0 Å². The van der Waals surface area contributed by atoms with Crippen LogP contribution in [0.25, 0.3) is 11.6 Å². The molecule has 1 aliphatic carbocycles. The van der Waals surface area contributed by atoms with E-state index in [9.17, 15) is 4.79 Å². The third kappa shape index (κ3) is 2.79. The lowest BCUT2D eigenvalue weighted by atomic mass is 10.1. The van der Waals surface area contributed by atoms with Crippen LogP contribution in [0.2, 0.25) is 0 Å². The number of aromatic nitrogens is 5. The molecule has 134 valence electrons. The summed E-state index contributed by atoms with van der Waals surface area (Å²) < 4.78 is 12.3. The van der Waals surface area contributed by atoms with Crippen molar-refractivity contribution in [3.8, 4) is 11.6 Å². The van der Waals surface area contributed by atoms with Crippen molar-refractivity contribution in [2.24, 2.45) is 0 Å². The smallest absolute Gasteiger partial charge is 0.289 e. The number of hydrogen-bond acceptors (Lipinski definition) is 7. The van der Waals surface area contributed by atoms with E-state index in [1.165, 1.54) is 6.26 Å². The lowest BCUT2D eigenvalue weighted by Crippen LogP contribution is -2.39. The molecule has 3 aromatic rings. The minimum absolute atomic E-state index is 0.0637. The van der Waals surface area contributed by atoms with Gasteiger partial charge in [0, 0.05) is 19.0 Å². The van der Waals surface area contributed by atoms with E-state index < -0.39 is 0 Å². The molecular formula is C17H18N6O3. The Labute approximate surface area is 149 Å². The molecule has 1 saturated carbocycles. The molecule has 3 aromatic heterocycles. The Bertz CT molecular complexity index is 903. The number of rotatable bonds is 4. The maximum Gasteiger partial charge on any atom is 0.289 e. The third-order valence-corrected chi connectivity index (χ3v) is 4.97. The van der Waals surface area contributed by atoms with Crippen LogP contribution in [0, 0.1) is 0 Å². The number of piperidine rings is 1. The number of likely N-dealkylation sites (tertiary alicyclic amines) is 1. The van der Waals surface area contributed by atoms with Crippen molar-refractivity contribution in [1.29, 1.82) is 0 Å². The highest BCUT2D eigenvalue weighted by atomic mass is 16.5. The van der Waals surface area contributed by atoms with Crippen LogP contribution in [0.1, 0.15) is 54.0 Å². The van der Waals surface area contributed by atoms with Gasteiger partial charge in [0.05, 0.1) is 18.5 Å². The molecule has 9 heteroatoms. The van der Waals surface area contributed by atoms with Crippen molar-refractivity contribution < 1.29 is 13.7 Å². The van der Waals surface area contributed by atoms with Gasteiger partial charge in [-0.2, -0.15) is 4.98 Å². The van der Waals surface area contributed by atoms with Crippen molar-refractivity contribution in [3.05, 3.63) is 36.2 Å². The Kier molecular flexibility index (Phi) is 3.58. The van der Waals surface area contributed by atoms with Crippen LogP contribution in [-0.2, 0) is 0 Å². The quantitative estimate of drug-likeness (QED) is 0.708. The molecule has 1 saturated heterocycles. The largest absolute Gasteiger partial charge is 0.459 e. The molecule has 9 nitrogen and oxygen atoms in total. The van der Waals surface area contributed by atoms with Gasteiger partial charge in [-0.25, -0.2) is 4.68 Å². The summed E-state index contributed by atoms with van der Waals surface area (Å²) in [6, 6.07) is 3.62. The van der Waals surface area contributed by atoms with Crippen molar-refractivity contribution in [1.82, 2.24) is 30.0 Å². The van der Waals surface area contributed by atoms with Crippen LogP contribution in [0.15, 0.2) is 33.5 Å². The molecule has 0 radical (unpaired) electrons. The minimum atomic E-state index is -0.0637. The predicted molar refractivity (Wildman–Crippen MR) is 88.2 cm³/mol. The van der Waals surface area contributed by atoms with E-state index in [1.807, 2.05) is 15.8 Å². The zero-order chi connectivity index (χ0) is 17.5. The number of hydrogen-bond donors (Lipinski definition) is 0. The Hall–Kier alpha value is -2.97. The SMILES string of the molecule is O=C(c1ccco1)N1CCC(n2cc(-c3nc(C4CC4)no3)nn2)CC1. The van der Waals surface area contributed by atoms with E-state index >= 15 is 0 Å². The Balaban J connectivity index is 1.24. The normalized spacial score (nSPS) is 18.4. The van der Waals surface area contributed by atoms with Crippen LogP contribution < -0.4 is 0 Å². The molecule has 0 bridgehead atoms. The monoisotopic (exact) mass is 354 g/mol. The van der Waals surface area contributed by atoms with Gasteiger partial charge in [-0.1, -0.05) is 10.4 Å². The van der Waals surface area contributed by atoms with Gasteiger partial charge in [0.15, 0.2) is 17.3 Å². The number of carbonyl (C=O) groups is 1. The van der Waals surface area contributed by atoms with Gasteiger partial charge in [-0.05, 0) is 37.8 Å². The molecule has 0 N–H and O–H groups in total. The van der Waals surface area contributed by atoms with Crippen LogP contribution in [0.3, 0.4) is 0 Å². The van der Waals surface area contributed by atoms with Gasteiger partial charge in [-0.15, -0.1) is 5.10 Å². The fourth-order valence-electron chi connectivity index (χ4n) is 3.29. The minimum Gasteiger partial charge on any atom is -0.459 e. The van der Waals surface area contributed by atoms with E-state index in [0.29, 0.717) is 36.4 Å². The fourth-order valence-corrected chi connectivity index (χ4v) is 3.29. The van der Waals surface area contributed by atoms with Gasteiger partial charge in [0.2, 0.25) is 0 Å². The number of carbonyl (C=O) groups excluding carboxylic acids is 1. The second-order valence-electron chi connectivity index (χ2n) is 6.82. The summed E-state index contributed by atoms with van der Waals surface area (Å²) >= 11 is 0. The first-order valence-corrected chi connectivity index (χ1v) is 8.86. The Morgan fingerprint density at radius 2 is 2.04 bits per heavy atom. The van der Waals surface area contributed by atoms with Gasteiger partial charge in [0.25, 0.3) is 11.8 Å². The summed E-state index contributed by atoms with van der Waals surface area (Å²) in [5, 5.41) is 12.4. The highest BCUT2D eigenvalue weighted by Gasteiger charge is 2.30. The zero-order valence-electron chi connectivity index (χ0n) is 14.1. The molecule has 0 atom stereocenters. The predicted octanol–water partition coefficient (Wildman–Crippen LogP) is 2.28. The topological polar surface area (TPSA) is 103 Å². The van der Waals surface area contributed by atoms with E-state index in [-0.39, 0.29) is 11.9 Å². The zero-order valence-corrected chi connectivity index (χ0v) is 14.1. The maximum atomic E-state index is 12.3. The Morgan fingerprint density at radius 1 is 1.19 bits per heavy atom. The average Bonchev–Trinajstić information content (AvgIpc) is 3.14. The van der Waals surface area contributed by atoms with E-state index in [1.54, 1.807) is 12.1 Å². The summed E-state index contributed by atoms with van der Waals surface area (Å²) in [5.74, 6) is 1.95. The van der Waals surface area contributed by atoms with Gasteiger partial charge < -0.3 is 13.8 Å². The summed E-state index contributed by atoms with van der Waals surface area (Å²) in [4.78, 5) is 18.5. The molecule has 4 heterocycles. The fraction of sp³-hybridized carbons (Fsp3) is 0.471. The van der Waals surface area contributed by atoms with E-state index in [2.05, 4.69) is 20.5 Å². The summed E-state index contributed by atoms with van der Waals surface area (Å²) in [7, 11) is 0. The summed E-state index contributed by atoms with van der Waals surface area (Å²) in [6.45, 7) is 1.32.